The molecular weight excluding hydrogens is 160 g/mol. The zero-order chi connectivity index (χ0) is 8.36. The first kappa shape index (κ1) is 11.3. The zero-order valence-electron chi connectivity index (χ0n) is 7.17. The van der Waals surface area contributed by atoms with Crippen LogP contribution in [0, 0.1) is 0 Å². The smallest absolute Gasteiger partial charge is 0.0700 e. The third kappa shape index (κ3) is 10.3. The molecule has 0 fully saturated rings. The Balaban J connectivity index is 2.69. The SMILES string of the molecule is CCCOCCOCCC[S]. The maximum absolute atomic E-state index is 5.23. The summed E-state index contributed by atoms with van der Waals surface area (Å²) < 4.78 is 10.4. The molecule has 0 aliphatic carbocycles. The summed E-state index contributed by atoms with van der Waals surface area (Å²) in [5.41, 5.74) is 0. The first-order valence-corrected chi connectivity index (χ1v) is 4.73. The van der Waals surface area contributed by atoms with Crippen LogP contribution in [-0.4, -0.2) is 32.2 Å². The van der Waals surface area contributed by atoms with E-state index in [9.17, 15) is 0 Å². The predicted molar refractivity (Wildman–Crippen MR) is 49.0 cm³/mol. The molecule has 0 aromatic heterocycles. The molecule has 0 spiro atoms. The second-order valence-electron chi connectivity index (χ2n) is 2.28. The van der Waals surface area contributed by atoms with Crippen LogP contribution in [0.1, 0.15) is 19.8 Å². The highest BCUT2D eigenvalue weighted by molar-refractivity contribution is 7.80. The molecule has 0 N–H and O–H groups in total. The minimum absolute atomic E-state index is 0.704. The Morgan fingerprint density at radius 1 is 1.00 bits per heavy atom. The molecule has 0 bridgehead atoms. The summed E-state index contributed by atoms with van der Waals surface area (Å²) in [6.45, 7) is 5.13. The topological polar surface area (TPSA) is 18.5 Å². The molecule has 0 saturated carbocycles. The van der Waals surface area contributed by atoms with Crippen molar-refractivity contribution in [1.29, 1.82) is 0 Å². The van der Waals surface area contributed by atoms with Gasteiger partial charge in [0.25, 0.3) is 0 Å². The highest BCUT2D eigenvalue weighted by Gasteiger charge is 1.87. The predicted octanol–water partition coefficient (Wildman–Crippen LogP) is 2.02. The van der Waals surface area contributed by atoms with E-state index in [4.69, 9.17) is 22.1 Å². The third-order valence-corrected chi connectivity index (χ3v) is 1.44. The number of rotatable bonds is 8. The van der Waals surface area contributed by atoms with E-state index < -0.39 is 0 Å². The lowest BCUT2D eigenvalue weighted by Gasteiger charge is -2.02. The lowest BCUT2D eigenvalue weighted by Crippen LogP contribution is -2.05. The first-order chi connectivity index (χ1) is 5.41. The van der Waals surface area contributed by atoms with Crippen molar-refractivity contribution >= 4 is 12.6 Å². The molecule has 11 heavy (non-hydrogen) atoms. The van der Waals surface area contributed by atoms with Crippen LogP contribution < -0.4 is 0 Å². The molecule has 67 valence electrons. The van der Waals surface area contributed by atoms with Crippen molar-refractivity contribution in [3.05, 3.63) is 0 Å². The maximum Gasteiger partial charge on any atom is 0.0700 e. The van der Waals surface area contributed by atoms with Crippen molar-refractivity contribution in [3.8, 4) is 0 Å². The number of hydrogen-bond acceptors (Lipinski definition) is 2. The summed E-state index contributed by atoms with van der Waals surface area (Å²) in [7, 11) is 0. The van der Waals surface area contributed by atoms with Crippen LogP contribution in [0.15, 0.2) is 0 Å². The molecule has 0 rings (SSSR count). The van der Waals surface area contributed by atoms with Crippen molar-refractivity contribution in [3.63, 3.8) is 0 Å². The molecule has 3 heteroatoms. The van der Waals surface area contributed by atoms with E-state index in [1.807, 2.05) is 0 Å². The molecule has 2 nitrogen and oxygen atoms in total. The Kier molecular flexibility index (Phi) is 10.5. The van der Waals surface area contributed by atoms with Gasteiger partial charge in [-0.25, -0.2) is 0 Å². The average Bonchev–Trinajstić information content (AvgIpc) is 2.03. The van der Waals surface area contributed by atoms with Gasteiger partial charge in [-0.1, -0.05) is 19.6 Å². The van der Waals surface area contributed by atoms with Crippen molar-refractivity contribution < 1.29 is 9.47 Å². The van der Waals surface area contributed by atoms with Gasteiger partial charge in [-0.15, -0.1) is 0 Å². The summed E-state index contributed by atoms with van der Waals surface area (Å²) in [4.78, 5) is 0. The van der Waals surface area contributed by atoms with E-state index in [0.717, 1.165) is 31.8 Å². The second kappa shape index (κ2) is 10.3. The minimum Gasteiger partial charge on any atom is -0.379 e. The van der Waals surface area contributed by atoms with E-state index in [1.165, 1.54) is 0 Å². The van der Waals surface area contributed by atoms with Gasteiger partial charge in [-0.05, 0) is 12.8 Å². The number of hydrogen-bond donors (Lipinski definition) is 0. The Morgan fingerprint density at radius 2 is 1.64 bits per heavy atom. The molecule has 0 saturated heterocycles. The van der Waals surface area contributed by atoms with Crippen LogP contribution in [0.25, 0.3) is 0 Å². The van der Waals surface area contributed by atoms with Crippen molar-refractivity contribution in [1.82, 2.24) is 0 Å². The van der Waals surface area contributed by atoms with Crippen molar-refractivity contribution in [2.75, 3.05) is 32.2 Å². The molecule has 0 amide bonds. The molecule has 0 unspecified atom stereocenters. The van der Waals surface area contributed by atoms with Crippen LogP contribution >= 0.6 is 12.6 Å². The molecule has 0 aliphatic heterocycles. The summed E-state index contributed by atoms with van der Waals surface area (Å²) in [5, 5.41) is 0. The summed E-state index contributed by atoms with van der Waals surface area (Å²) >= 11 is 4.76. The first-order valence-electron chi connectivity index (χ1n) is 4.15. The van der Waals surface area contributed by atoms with E-state index in [-0.39, 0.29) is 0 Å². The number of ether oxygens (including phenoxy) is 2. The minimum atomic E-state index is 0.704. The van der Waals surface area contributed by atoms with Gasteiger partial charge < -0.3 is 9.47 Å². The van der Waals surface area contributed by atoms with Crippen LogP contribution in [0.3, 0.4) is 0 Å². The zero-order valence-corrected chi connectivity index (χ0v) is 7.99. The second-order valence-corrected chi connectivity index (χ2v) is 2.69. The van der Waals surface area contributed by atoms with Gasteiger partial charge in [0.05, 0.1) is 13.2 Å². The normalized spacial score (nSPS) is 10.4. The van der Waals surface area contributed by atoms with E-state index in [0.29, 0.717) is 13.2 Å². The fraction of sp³-hybridized carbons (Fsp3) is 1.00. The van der Waals surface area contributed by atoms with Crippen LogP contribution in [0.4, 0.5) is 0 Å². The van der Waals surface area contributed by atoms with Crippen molar-refractivity contribution in [2.45, 2.75) is 19.8 Å². The lowest BCUT2D eigenvalue weighted by atomic mass is 10.5. The highest BCUT2D eigenvalue weighted by atomic mass is 32.1. The molecular formula is C8H17O2S. The van der Waals surface area contributed by atoms with Crippen LogP contribution in [0.2, 0.25) is 0 Å². The van der Waals surface area contributed by atoms with Crippen LogP contribution in [0.5, 0.6) is 0 Å². The van der Waals surface area contributed by atoms with Gasteiger partial charge in [-0.2, -0.15) is 0 Å². The van der Waals surface area contributed by atoms with Crippen LogP contribution in [-0.2, 0) is 9.47 Å². The van der Waals surface area contributed by atoms with Gasteiger partial charge in [0.1, 0.15) is 0 Å². The molecule has 1 radical (unpaired) electrons. The largest absolute Gasteiger partial charge is 0.379 e. The molecule has 0 aromatic rings. The summed E-state index contributed by atoms with van der Waals surface area (Å²) in [5.74, 6) is 0.788. The monoisotopic (exact) mass is 177 g/mol. The Hall–Kier alpha value is 0.270. The van der Waals surface area contributed by atoms with E-state index >= 15 is 0 Å². The van der Waals surface area contributed by atoms with Gasteiger partial charge in [-0.3, -0.25) is 0 Å². The molecule has 0 aromatic carbocycles. The molecule has 0 atom stereocenters. The highest BCUT2D eigenvalue weighted by Crippen LogP contribution is 1.86. The van der Waals surface area contributed by atoms with Gasteiger partial charge in [0.15, 0.2) is 0 Å². The van der Waals surface area contributed by atoms with E-state index in [2.05, 4.69) is 6.92 Å². The van der Waals surface area contributed by atoms with Gasteiger partial charge >= 0.3 is 0 Å². The van der Waals surface area contributed by atoms with Gasteiger partial charge in [0.2, 0.25) is 0 Å². The van der Waals surface area contributed by atoms with Crippen molar-refractivity contribution in [2.24, 2.45) is 0 Å². The Bertz CT molecular complexity index is 61.1. The van der Waals surface area contributed by atoms with Gasteiger partial charge in [0, 0.05) is 19.0 Å². The maximum atomic E-state index is 5.23. The Morgan fingerprint density at radius 3 is 2.18 bits per heavy atom. The quantitative estimate of drug-likeness (QED) is 0.528. The third-order valence-electron chi connectivity index (χ3n) is 1.15. The molecule has 0 heterocycles. The fourth-order valence-electron chi connectivity index (χ4n) is 0.627. The fourth-order valence-corrected chi connectivity index (χ4v) is 0.745. The summed E-state index contributed by atoms with van der Waals surface area (Å²) in [6.07, 6.45) is 2.05. The molecule has 0 aliphatic rings. The standard InChI is InChI=1S/C8H17O2S/c1-2-4-9-6-7-10-5-3-8-11/h2-8H2,1H3. The lowest BCUT2D eigenvalue weighted by molar-refractivity contribution is 0.0485. The summed E-state index contributed by atoms with van der Waals surface area (Å²) in [6, 6.07) is 0. The average molecular weight is 177 g/mol. The van der Waals surface area contributed by atoms with E-state index in [1.54, 1.807) is 0 Å². The Labute approximate surface area is 74.7 Å².